The van der Waals surface area contributed by atoms with E-state index in [1.165, 1.54) is 6.07 Å². The maximum atomic E-state index is 12.4. The number of carboxylic acids is 1. The van der Waals surface area contributed by atoms with Crippen LogP contribution >= 0.6 is 34.5 Å². The molecule has 0 unspecified atom stereocenters. The van der Waals surface area contributed by atoms with Gasteiger partial charge in [0, 0.05) is 15.5 Å². The largest absolute Gasteiger partial charge is 0.477 e. The van der Waals surface area contributed by atoms with E-state index in [9.17, 15) is 14.7 Å². The maximum absolute atomic E-state index is 12.4. The molecule has 1 heterocycles. The minimum atomic E-state index is -1.04. The fourth-order valence-corrected chi connectivity index (χ4v) is 3.91. The molecular weight excluding hydrogens is 393 g/mol. The predicted octanol–water partition coefficient (Wildman–Crippen LogP) is 5.71. The van der Waals surface area contributed by atoms with Crippen molar-refractivity contribution in [3.63, 3.8) is 0 Å². The van der Waals surface area contributed by atoms with Gasteiger partial charge in [0.1, 0.15) is 4.88 Å². The molecule has 2 aromatic carbocycles. The van der Waals surface area contributed by atoms with Crippen molar-refractivity contribution in [3.8, 4) is 10.4 Å². The van der Waals surface area contributed by atoms with Crippen molar-refractivity contribution < 1.29 is 14.7 Å². The molecule has 0 saturated carbocycles. The molecule has 0 spiro atoms. The summed E-state index contributed by atoms with van der Waals surface area (Å²) in [6, 6.07) is 15.8. The van der Waals surface area contributed by atoms with E-state index in [1.807, 2.05) is 30.3 Å². The van der Waals surface area contributed by atoms with Gasteiger partial charge < -0.3 is 10.4 Å². The zero-order chi connectivity index (χ0) is 18.7. The van der Waals surface area contributed by atoms with Crippen LogP contribution in [0.2, 0.25) is 10.0 Å². The van der Waals surface area contributed by atoms with Gasteiger partial charge in [-0.2, -0.15) is 0 Å². The Labute approximate surface area is 164 Å². The quantitative estimate of drug-likeness (QED) is 0.515. The number of ketones is 1. The number of thiophene rings is 1. The van der Waals surface area contributed by atoms with E-state index in [4.69, 9.17) is 23.2 Å². The van der Waals surface area contributed by atoms with Crippen molar-refractivity contribution in [2.45, 2.75) is 0 Å². The van der Waals surface area contributed by atoms with E-state index in [-0.39, 0.29) is 22.2 Å². The van der Waals surface area contributed by atoms with Gasteiger partial charge in [0.15, 0.2) is 5.78 Å². The summed E-state index contributed by atoms with van der Waals surface area (Å²) in [5, 5.41) is 13.1. The van der Waals surface area contributed by atoms with Crippen LogP contribution in [-0.4, -0.2) is 23.4 Å². The summed E-state index contributed by atoms with van der Waals surface area (Å²) in [6.45, 7) is -0.0768. The number of nitrogens with one attached hydrogen (secondary N) is 1. The highest BCUT2D eigenvalue weighted by Gasteiger charge is 2.18. The van der Waals surface area contributed by atoms with Crippen molar-refractivity contribution in [1.82, 2.24) is 0 Å². The number of Topliss-reactive ketones (excluding diaryl/α,β-unsaturated/α-hetero) is 1. The predicted molar refractivity (Wildman–Crippen MR) is 106 cm³/mol. The molecule has 26 heavy (non-hydrogen) atoms. The first-order valence-corrected chi connectivity index (χ1v) is 9.17. The maximum Gasteiger partial charge on any atom is 0.348 e. The molecule has 3 rings (SSSR count). The molecule has 1 aromatic heterocycles. The minimum absolute atomic E-state index is 0.0768. The number of carboxylic acid groups (broad SMARTS) is 1. The smallest absolute Gasteiger partial charge is 0.348 e. The van der Waals surface area contributed by atoms with Crippen molar-refractivity contribution in [1.29, 1.82) is 0 Å². The molecule has 4 nitrogen and oxygen atoms in total. The first kappa shape index (κ1) is 18.5. The van der Waals surface area contributed by atoms with Gasteiger partial charge in [-0.05, 0) is 29.8 Å². The van der Waals surface area contributed by atoms with E-state index < -0.39 is 5.97 Å². The summed E-state index contributed by atoms with van der Waals surface area (Å²) < 4.78 is 0. The Morgan fingerprint density at radius 3 is 2.42 bits per heavy atom. The average molecular weight is 406 g/mol. The lowest BCUT2D eigenvalue weighted by atomic mass is 10.1. The molecule has 0 amide bonds. The highest BCUT2D eigenvalue weighted by molar-refractivity contribution is 7.18. The van der Waals surface area contributed by atoms with Crippen molar-refractivity contribution in [3.05, 3.63) is 75.1 Å². The summed E-state index contributed by atoms with van der Waals surface area (Å²) in [7, 11) is 0. The van der Waals surface area contributed by atoms with Gasteiger partial charge >= 0.3 is 5.97 Å². The zero-order valence-electron chi connectivity index (χ0n) is 13.3. The molecule has 7 heteroatoms. The molecule has 3 aromatic rings. The number of hydrogen-bond donors (Lipinski definition) is 2. The minimum Gasteiger partial charge on any atom is -0.477 e. The van der Waals surface area contributed by atoms with E-state index in [2.05, 4.69) is 5.32 Å². The van der Waals surface area contributed by atoms with Gasteiger partial charge in [-0.3, -0.25) is 4.79 Å². The number of rotatable bonds is 6. The molecule has 0 radical (unpaired) electrons. The lowest BCUT2D eigenvalue weighted by Gasteiger charge is -2.07. The van der Waals surface area contributed by atoms with Gasteiger partial charge in [0.25, 0.3) is 0 Å². The highest BCUT2D eigenvalue weighted by atomic mass is 35.5. The number of carbonyl (C=O) groups is 2. The number of aromatic carboxylic acids is 1. The molecule has 132 valence electrons. The number of halogens is 2. The van der Waals surface area contributed by atoms with Gasteiger partial charge in [0.05, 0.1) is 17.3 Å². The second-order valence-corrected chi connectivity index (χ2v) is 7.32. The van der Waals surface area contributed by atoms with Crippen LogP contribution in [0.15, 0.2) is 54.6 Å². The molecule has 0 aliphatic carbocycles. The summed E-state index contributed by atoms with van der Waals surface area (Å²) in [5.41, 5.74) is 1.65. The van der Waals surface area contributed by atoms with Crippen molar-refractivity contribution in [2.24, 2.45) is 0 Å². The third-order valence-corrected chi connectivity index (χ3v) is 5.38. The van der Waals surface area contributed by atoms with E-state index >= 15 is 0 Å². The summed E-state index contributed by atoms with van der Waals surface area (Å²) in [5.74, 6) is -1.30. The molecule has 0 saturated heterocycles. The Bertz CT molecular complexity index is 970. The zero-order valence-corrected chi connectivity index (χ0v) is 15.7. The lowest BCUT2D eigenvalue weighted by molar-refractivity contribution is 0.0702. The lowest BCUT2D eigenvalue weighted by Crippen LogP contribution is -2.15. The van der Waals surface area contributed by atoms with Gasteiger partial charge in [-0.1, -0.05) is 53.5 Å². The molecule has 0 bridgehead atoms. The molecule has 0 fully saturated rings. The Morgan fingerprint density at radius 2 is 1.77 bits per heavy atom. The van der Waals surface area contributed by atoms with Crippen LogP contribution in [-0.2, 0) is 0 Å². The highest BCUT2D eigenvalue weighted by Crippen LogP contribution is 2.35. The van der Waals surface area contributed by atoms with E-state index in [0.29, 0.717) is 16.3 Å². The second kappa shape index (κ2) is 7.91. The average Bonchev–Trinajstić information content (AvgIpc) is 3.05. The first-order chi connectivity index (χ1) is 12.5. The van der Waals surface area contributed by atoms with Crippen LogP contribution in [0.4, 0.5) is 5.69 Å². The van der Waals surface area contributed by atoms with Gasteiger partial charge in [0.2, 0.25) is 0 Å². The first-order valence-electron chi connectivity index (χ1n) is 7.60. The van der Waals surface area contributed by atoms with Gasteiger partial charge in [-0.25, -0.2) is 4.79 Å². The van der Waals surface area contributed by atoms with Crippen LogP contribution in [0, 0.1) is 0 Å². The molecular formula is C19H13Cl2NO3S. The summed E-state index contributed by atoms with van der Waals surface area (Å²) in [6.07, 6.45) is 0. The third kappa shape index (κ3) is 4.07. The summed E-state index contributed by atoms with van der Waals surface area (Å²) in [4.78, 5) is 24.9. The number of anilines is 1. The van der Waals surface area contributed by atoms with Crippen LogP contribution in [0.1, 0.15) is 20.0 Å². The van der Waals surface area contributed by atoms with E-state index in [0.717, 1.165) is 21.8 Å². The Kier molecular flexibility index (Phi) is 5.61. The van der Waals surface area contributed by atoms with Crippen LogP contribution in [0.5, 0.6) is 0 Å². The molecule has 2 N–H and O–H groups in total. The molecule has 0 aliphatic rings. The van der Waals surface area contributed by atoms with Crippen LogP contribution in [0.25, 0.3) is 10.4 Å². The Hall–Kier alpha value is -2.34. The number of carbonyl (C=O) groups excluding carboxylic acids is 1. The fraction of sp³-hybridized carbons (Fsp3) is 0.0526. The van der Waals surface area contributed by atoms with Crippen LogP contribution in [0.3, 0.4) is 0 Å². The second-order valence-electron chi connectivity index (χ2n) is 5.43. The standard InChI is InChI=1S/C19H13Cl2NO3S/c20-12-6-7-13(14(21)8-12)16(23)10-22-15-9-17(26-18(15)19(24)25)11-4-2-1-3-5-11/h1-9,22H,10H2,(H,24,25). The third-order valence-electron chi connectivity index (χ3n) is 3.66. The number of benzene rings is 2. The Morgan fingerprint density at radius 1 is 1.04 bits per heavy atom. The SMILES string of the molecule is O=C(CNc1cc(-c2ccccc2)sc1C(=O)O)c1ccc(Cl)cc1Cl. The normalized spacial score (nSPS) is 10.5. The van der Waals surface area contributed by atoms with Gasteiger partial charge in [-0.15, -0.1) is 11.3 Å². The van der Waals surface area contributed by atoms with Crippen molar-refractivity contribution >= 4 is 52.0 Å². The van der Waals surface area contributed by atoms with Crippen LogP contribution < -0.4 is 5.32 Å². The molecule has 0 atom stereocenters. The Balaban J connectivity index is 1.82. The monoisotopic (exact) mass is 405 g/mol. The molecule has 0 aliphatic heterocycles. The fourth-order valence-electron chi connectivity index (χ4n) is 2.41. The topological polar surface area (TPSA) is 66.4 Å². The summed E-state index contributed by atoms with van der Waals surface area (Å²) >= 11 is 13.0. The number of hydrogen-bond acceptors (Lipinski definition) is 4. The van der Waals surface area contributed by atoms with E-state index in [1.54, 1.807) is 18.2 Å². The van der Waals surface area contributed by atoms with Crippen molar-refractivity contribution in [2.75, 3.05) is 11.9 Å².